The predicted molar refractivity (Wildman–Crippen MR) is 102 cm³/mol. The summed E-state index contributed by atoms with van der Waals surface area (Å²) in [6.07, 6.45) is -15.6. The summed E-state index contributed by atoms with van der Waals surface area (Å²) in [5.41, 5.74) is 0.331. The van der Waals surface area contributed by atoms with Gasteiger partial charge in [0.1, 0.15) is 48.8 Å². The van der Waals surface area contributed by atoms with Crippen LogP contribution in [0.2, 0.25) is 0 Å². The van der Waals surface area contributed by atoms with Crippen molar-refractivity contribution >= 4 is 5.97 Å². The molecule has 1 aromatic rings. The second-order valence-electron chi connectivity index (χ2n) is 7.20. The first-order valence-electron chi connectivity index (χ1n) is 9.67. The van der Waals surface area contributed by atoms with Crippen molar-refractivity contribution in [2.45, 2.75) is 61.4 Å². The third-order valence-corrected chi connectivity index (χ3v) is 5.00. The number of hydrogen-bond donors (Lipinski definition) is 9. The quantitative estimate of drug-likeness (QED) is 0.203. The van der Waals surface area contributed by atoms with E-state index in [4.69, 9.17) is 24.4 Å². The van der Waals surface area contributed by atoms with E-state index in [0.717, 1.165) is 0 Å². The Morgan fingerprint density at radius 2 is 1.38 bits per heavy atom. The van der Waals surface area contributed by atoms with Gasteiger partial charge in [-0.25, -0.2) is 4.79 Å². The molecule has 0 radical (unpaired) electrons. The fourth-order valence-electron chi connectivity index (χ4n) is 3.15. The van der Waals surface area contributed by atoms with Gasteiger partial charge in [0.25, 0.3) is 0 Å². The summed E-state index contributed by atoms with van der Waals surface area (Å²) in [4.78, 5) is 10.2. The lowest BCUT2D eigenvalue weighted by Gasteiger charge is -2.45. The third kappa shape index (κ3) is 6.18. The third-order valence-electron chi connectivity index (χ3n) is 5.00. The van der Waals surface area contributed by atoms with Crippen LogP contribution in [0.3, 0.4) is 0 Å². The fourth-order valence-corrected chi connectivity index (χ4v) is 3.15. The Balaban J connectivity index is 0.000000336. The second kappa shape index (κ2) is 11.9. The number of carbonyl (C=O) groups is 1. The summed E-state index contributed by atoms with van der Waals surface area (Å²) in [5.74, 6) is -0.879. The monoisotopic (exact) mass is 464 g/mol. The highest BCUT2D eigenvalue weighted by atomic mass is 16.7. The summed E-state index contributed by atoms with van der Waals surface area (Å²) < 4.78 is 15.3. The van der Waals surface area contributed by atoms with Crippen molar-refractivity contribution in [3.8, 4) is 0 Å². The van der Waals surface area contributed by atoms with Crippen LogP contribution in [0.25, 0.3) is 0 Å². The van der Waals surface area contributed by atoms with Crippen molar-refractivity contribution < 1.29 is 65.0 Å². The molecule has 2 aliphatic heterocycles. The van der Waals surface area contributed by atoms with Gasteiger partial charge in [-0.15, -0.1) is 0 Å². The molecule has 10 atom stereocenters. The van der Waals surface area contributed by atoms with Crippen LogP contribution >= 0.6 is 0 Å². The van der Waals surface area contributed by atoms with Gasteiger partial charge in [0.05, 0.1) is 18.8 Å². The first kappa shape index (κ1) is 26.5. The molecule has 0 bridgehead atoms. The first-order chi connectivity index (χ1) is 15.1. The first-order valence-corrected chi connectivity index (χ1v) is 9.67. The summed E-state index contributed by atoms with van der Waals surface area (Å²) >= 11 is 0. The van der Waals surface area contributed by atoms with Crippen molar-refractivity contribution in [2.75, 3.05) is 13.2 Å². The van der Waals surface area contributed by atoms with Gasteiger partial charge in [-0.05, 0) is 12.1 Å². The maximum absolute atomic E-state index is 10.2. The zero-order valence-electron chi connectivity index (χ0n) is 16.7. The normalized spacial score (nSPS) is 39.6. The van der Waals surface area contributed by atoms with E-state index in [-0.39, 0.29) is 0 Å². The number of carboxylic acids is 1. The summed E-state index contributed by atoms with van der Waals surface area (Å²) in [6.45, 7) is -1.35. The minimum absolute atomic E-state index is 0.331. The van der Waals surface area contributed by atoms with Crippen LogP contribution in [0.1, 0.15) is 10.4 Å². The molecular weight excluding hydrogens is 436 g/mol. The summed E-state index contributed by atoms with van der Waals surface area (Å²) in [6, 6.07) is 8.30. The summed E-state index contributed by atoms with van der Waals surface area (Å²) in [5, 5.41) is 84.9. The Kier molecular flexibility index (Phi) is 9.87. The van der Waals surface area contributed by atoms with Gasteiger partial charge < -0.3 is 60.2 Å². The van der Waals surface area contributed by atoms with Crippen molar-refractivity contribution in [3.63, 3.8) is 0 Å². The smallest absolute Gasteiger partial charge is 0.335 e. The van der Waals surface area contributed by atoms with Crippen molar-refractivity contribution in [2.24, 2.45) is 0 Å². The number of ether oxygens (including phenoxy) is 3. The van der Waals surface area contributed by atoms with E-state index >= 15 is 0 Å². The molecule has 3 rings (SSSR count). The Morgan fingerprint density at radius 1 is 0.781 bits per heavy atom. The highest BCUT2D eigenvalue weighted by Crippen LogP contribution is 2.28. The standard InChI is InChI=1S/C12H22O11.C7H6O2/c13-1-3-5(15)6(16)9(19)12(22-3)23-10-4(2-14)21-11(20)8(18)7(10)17;8-7(9)6-4-2-1-3-5-6/h3-20H,1-2H2;1-5H,(H,8,9)/t3-,4-,5+,6+,7-,8-,9-,10-,11?,12+;/m1./s1. The van der Waals surface area contributed by atoms with Crippen LogP contribution in [0, 0.1) is 0 Å². The lowest BCUT2D eigenvalue weighted by atomic mass is 9.97. The van der Waals surface area contributed by atoms with E-state index in [9.17, 15) is 40.5 Å². The molecule has 2 aliphatic rings. The molecule has 2 heterocycles. The van der Waals surface area contributed by atoms with E-state index in [1.54, 1.807) is 30.3 Å². The Labute approximate surface area is 182 Å². The van der Waals surface area contributed by atoms with Crippen molar-refractivity contribution in [3.05, 3.63) is 35.9 Å². The molecule has 0 aliphatic carbocycles. The van der Waals surface area contributed by atoms with Gasteiger partial charge in [0.2, 0.25) is 0 Å². The molecular formula is C19H28O13. The topological polar surface area (TPSA) is 227 Å². The molecule has 1 aromatic carbocycles. The number of aliphatic hydroxyl groups is 8. The molecule has 32 heavy (non-hydrogen) atoms. The fraction of sp³-hybridized carbons (Fsp3) is 0.632. The average molecular weight is 464 g/mol. The maximum atomic E-state index is 10.2. The largest absolute Gasteiger partial charge is 0.478 e. The number of carboxylic acid groups (broad SMARTS) is 1. The van der Waals surface area contributed by atoms with E-state index in [2.05, 4.69) is 0 Å². The minimum Gasteiger partial charge on any atom is -0.478 e. The molecule has 182 valence electrons. The van der Waals surface area contributed by atoms with Gasteiger partial charge in [0.15, 0.2) is 12.6 Å². The SMILES string of the molecule is O=C(O)c1ccccc1.OC[C@H]1O[C@@H](O[C@H]2[C@H](O)[C@@H](O)C(O)O[C@@H]2CO)[C@H](O)[C@@H](O)[C@H]1O. The van der Waals surface area contributed by atoms with E-state index in [1.165, 1.54) is 0 Å². The molecule has 1 unspecified atom stereocenters. The number of rotatable bonds is 5. The summed E-state index contributed by atoms with van der Waals surface area (Å²) in [7, 11) is 0. The van der Waals surface area contributed by atoms with E-state index in [1.807, 2.05) is 0 Å². The molecule has 0 aromatic heterocycles. The Morgan fingerprint density at radius 3 is 1.88 bits per heavy atom. The van der Waals surface area contributed by atoms with E-state index in [0.29, 0.717) is 5.56 Å². The van der Waals surface area contributed by atoms with Crippen LogP contribution in [0.5, 0.6) is 0 Å². The minimum atomic E-state index is -1.74. The molecule has 9 N–H and O–H groups in total. The molecule has 2 saturated heterocycles. The van der Waals surface area contributed by atoms with Gasteiger partial charge >= 0.3 is 5.97 Å². The van der Waals surface area contributed by atoms with Crippen LogP contribution in [-0.4, -0.2) is 127 Å². The van der Waals surface area contributed by atoms with Crippen LogP contribution in [0.4, 0.5) is 0 Å². The van der Waals surface area contributed by atoms with Gasteiger partial charge in [-0.1, -0.05) is 18.2 Å². The van der Waals surface area contributed by atoms with Crippen LogP contribution in [0.15, 0.2) is 30.3 Å². The molecule has 0 saturated carbocycles. The van der Waals surface area contributed by atoms with Gasteiger partial charge in [-0.3, -0.25) is 0 Å². The number of aliphatic hydroxyl groups excluding tert-OH is 8. The second-order valence-corrected chi connectivity index (χ2v) is 7.20. The molecule has 13 heteroatoms. The maximum Gasteiger partial charge on any atom is 0.335 e. The van der Waals surface area contributed by atoms with Gasteiger partial charge in [-0.2, -0.15) is 0 Å². The van der Waals surface area contributed by atoms with Gasteiger partial charge in [0, 0.05) is 0 Å². The van der Waals surface area contributed by atoms with Crippen LogP contribution < -0.4 is 0 Å². The van der Waals surface area contributed by atoms with Crippen molar-refractivity contribution in [1.29, 1.82) is 0 Å². The van der Waals surface area contributed by atoms with Crippen LogP contribution in [-0.2, 0) is 14.2 Å². The molecule has 0 amide bonds. The molecule has 13 nitrogen and oxygen atoms in total. The average Bonchev–Trinajstić information content (AvgIpc) is 2.80. The zero-order chi connectivity index (χ0) is 24.0. The number of benzene rings is 1. The Hall–Kier alpha value is -1.75. The van der Waals surface area contributed by atoms with Crippen molar-refractivity contribution in [1.82, 2.24) is 0 Å². The molecule has 2 fully saturated rings. The Bertz CT molecular complexity index is 700. The zero-order valence-corrected chi connectivity index (χ0v) is 16.7. The predicted octanol–water partition coefficient (Wildman–Crippen LogP) is -4.01. The van der Waals surface area contributed by atoms with E-state index < -0.39 is 80.6 Å². The lowest BCUT2D eigenvalue weighted by molar-refractivity contribution is -0.355. The molecule has 0 spiro atoms. The number of aromatic carboxylic acids is 1. The lowest BCUT2D eigenvalue weighted by Crippen LogP contribution is -2.64. The highest BCUT2D eigenvalue weighted by Gasteiger charge is 2.50. The number of hydrogen-bond acceptors (Lipinski definition) is 12. The highest BCUT2D eigenvalue weighted by molar-refractivity contribution is 5.87.